The Morgan fingerprint density at radius 1 is 0.879 bits per heavy atom. The van der Waals surface area contributed by atoms with E-state index in [1.165, 1.54) is 0 Å². The molecular weight excluding hydrogens is 434 g/mol. The molecule has 3 aliphatic heterocycles. The number of benzene rings is 1. The molecule has 1 aromatic carbocycles. The number of hydrogen-bond acceptors (Lipinski definition) is 5. The number of carbonyl (C=O) groups is 2. The van der Waals surface area contributed by atoms with Crippen molar-refractivity contribution in [2.45, 2.75) is 32.2 Å². The number of likely N-dealkylation sites (tertiary alicyclic amines) is 2. The van der Waals surface area contributed by atoms with Gasteiger partial charge in [0.05, 0.1) is 11.6 Å². The Bertz CT molecular complexity index is 951. The van der Waals surface area contributed by atoms with Gasteiger partial charge in [0.2, 0.25) is 5.91 Å². The molecule has 8 heteroatoms. The first-order valence-corrected chi connectivity index (χ1v) is 13.1. The van der Waals surface area contributed by atoms with Crippen molar-refractivity contribution >= 4 is 23.3 Å². The number of piperazine rings is 1. The monoisotopic (exact) mass is 467 g/mol. The van der Waals surface area contributed by atoms with Crippen LogP contribution in [0.1, 0.15) is 31.4 Å². The molecule has 1 unspecified atom stereocenters. The molecule has 176 valence electrons. The van der Waals surface area contributed by atoms with Crippen LogP contribution in [0, 0.1) is 5.92 Å². The van der Waals surface area contributed by atoms with Crippen molar-refractivity contribution in [3.63, 3.8) is 0 Å². The smallest absolute Gasteiger partial charge is 0.320 e. The molecule has 3 amide bonds. The maximum absolute atomic E-state index is 13.2. The lowest BCUT2D eigenvalue weighted by Crippen LogP contribution is -2.54. The Morgan fingerprint density at radius 3 is 2.36 bits per heavy atom. The number of nitrogens with zero attached hydrogens (tertiary/aromatic N) is 5. The minimum atomic E-state index is -0.0520. The molecule has 0 N–H and O–H groups in total. The Hall–Kier alpha value is -2.45. The van der Waals surface area contributed by atoms with E-state index in [1.54, 1.807) is 11.3 Å². The molecule has 0 saturated carbocycles. The molecule has 2 aromatic rings. The second-order valence-corrected chi connectivity index (χ2v) is 10.2. The Labute approximate surface area is 200 Å². The summed E-state index contributed by atoms with van der Waals surface area (Å²) in [5.74, 6) is 0.178. The van der Waals surface area contributed by atoms with E-state index in [0.717, 1.165) is 94.3 Å². The second kappa shape index (κ2) is 10.2. The van der Waals surface area contributed by atoms with Gasteiger partial charge in [0.25, 0.3) is 0 Å². The third-order valence-electron chi connectivity index (χ3n) is 7.06. The Kier molecular flexibility index (Phi) is 6.92. The summed E-state index contributed by atoms with van der Waals surface area (Å²) in [7, 11) is 0. The van der Waals surface area contributed by atoms with Crippen molar-refractivity contribution in [1.82, 2.24) is 24.6 Å². The topological polar surface area (TPSA) is 60.0 Å². The van der Waals surface area contributed by atoms with Gasteiger partial charge in [-0.2, -0.15) is 0 Å². The molecule has 1 aromatic heterocycles. The lowest BCUT2D eigenvalue weighted by molar-refractivity contribution is -0.138. The van der Waals surface area contributed by atoms with E-state index >= 15 is 0 Å². The number of thiazole rings is 1. The van der Waals surface area contributed by atoms with Crippen molar-refractivity contribution in [2.75, 3.05) is 52.4 Å². The van der Waals surface area contributed by atoms with Crippen LogP contribution in [-0.4, -0.2) is 88.9 Å². The molecule has 1 atom stereocenters. The van der Waals surface area contributed by atoms with Crippen LogP contribution in [0.4, 0.5) is 4.79 Å². The minimum absolute atomic E-state index is 0.0520. The summed E-state index contributed by atoms with van der Waals surface area (Å²) in [5, 5.41) is 3.21. The summed E-state index contributed by atoms with van der Waals surface area (Å²) in [6.45, 7) is 7.16. The number of piperidine rings is 1. The number of rotatable bonds is 4. The third-order valence-corrected chi connectivity index (χ3v) is 8.00. The summed E-state index contributed by atoms with van der Waals surface area (Å²) in [5.41, 5.74) is 2.26. The first-order chi connectivity index (χ1) is 16.2. The van der Waals surface area contributed by atoms with Gasteiger partial charge in [-0.05, 0) is 25.7 Å². The molecule has 5 rings (SSSR count). The van der Waals surface area contributed by atoms with Gasteiger partial charge in [0, 0.05) is 69.8 Å². The zero-order chi connectivity index (χ0) is 22.6. The van der Waals surface area contributed by atoms with E-state index in [2.05, 4.69) is 22.4 Å². The number of amides is 3. The van der Waals surface area contributed by atoms with Gasteiger partial charge < -0.3 is 14.7 Å². The van der Waals surface area contributed by atoms with E-state index in [0.29, 0.717) is 6.54 Å². The summed E-state index contributed by atoms with van der Waals surface area (Å²) < 4.78 is 0. The number of hydrogen-bond donors (Lipinski definition) is 0. The molecule has 0 spiro atoms. The van der Waals surface area contributed by atoms with Crippen molar-refractivity contribution in [1.29, 1.82) is 0 Å². The number of aromatic nitrogens is 1. The van der Waals surface area contributed by atoms with E-state index in [4.69, 9.17) is 4.98 Å². The SMILES string of the molecule is O=C(C1CCCN(C(=O)N2CCCC2)C1)N1CCN(Cc2csc(-c3ccccc3)n2)CC1. The lowest BCUT2D eigenvalue weighted by atomic mass is 9.96. The van der Waals surface area contributed by atoms with Gasteiger partial charge in [-0.15, -0.1) is 11.3 Å². The summed E-state index contributed by atoms with van der Waals surface area (Å²) >= 11 is 1.69. The van der Waals surface area contributed by atoms with E-state index in [1.807, 2.05) is 32.9 Å². The molecule has 3 saturated heterocycles. The number of carbonyl (C=O) groups excluding carboxylic acids is 2. The fourth-order valence-corrected chi connectivity index (χ4v) is 5.98. The highest BCUT2D eigenvalue weighted by Gasteiger charge is 2.34. The predicted molar refractivity (Wildman–Crippen MR) is 130 cm³/mol. The van der Waals surface area contributed by atoms with E-state index in [9.17, 15) is 9.59 Å². The van der Waals surface area contributed by atoms with Gasteiger partial charge in [-0.1, -0.05) is 30.3 Å². The molecule has 3 aliphatic rings. The van der Waals surface area contributed by atoms with Crippen molar-refractivity contribution in [2.24, 2.45) is 5.92 Å². The Morgan fingerprint density at radius 2 is 1.61 bits per heavy atom. The average molecular weight is 468 g/mol. The van der Waals surface area contributed by atoms with Crippen LogP contribution >= 0.6 is 11.3 Å². The largest absolute Gasteiger partial charge is 0.340 e. The van der Waals surface area contributed by atoms with Gasteiger partial charge in [0.1, 0.15) is 5.01 Å². The van der Waals surface area contributed by atoms with Crippen molar-refractivity contribution in [3.05, 3.63) is 41.4 Å². The van der Waals surface area contributed by atoms with Crippen LogP contribution in [0.25, 0.3) is 10.6 Å². The summed E-state index contributed by atoms with van der Waals surface area (Å²) in [4.78, 5) is 39.1. The molecular formula is C25H33N5O2S. The first kappa shape index (κ1) is 22.3. The summed E-state index contributed by atoms with van der Waals surface area (Å²) in [6, 6.07) is 10.4. The highest BCUT2D eigenvalue weighted by molar-refractivity contribution is 7.13. The van der Waals surface area contributed by atoms with Crippen LogP contribution in [0.15, 0.2) is 35.7 Å². The van der Waals surface area contributed by atoms with Gasteiger partial charge in [0.15, 0.2) is 0 Å². The highest BCUT2D eigenvalue weighted by atomic mass is 32.1. The maximum atomic E-state index is 13.2. The average Bonchev–Trinajstić information content (AvgIpc) is 3.57. The zero-order valence-corrected chi connectivity index (χ0v) is 20.0. The lowest BCUT2D eigenvalue weighted by Gasteiger charge is -2.39. The van der Waals surface area contributed by atoms with Crippen molar-refractivity contribution < 1.29 is 9.59 Å². The molecule has 33 heavy (non-hydrogen) atoms. The normalized spacial score (nSPS) is 22.1. The molecule has 0 aliphatic carbocycles. The van der Waals surface area contributed by atoms with Crippen LogP contribution < -0.4 is 0 Å². The third kappa shape index (κ3) is 5.22. The minimum Gasteiger partial charge on any atom is -0.340 e. The zero-order valence-electron chi connectivity index (χ0n) is 19.2. The molecule has 7 nitrogen and oxygen atoms in total. The summed E-state index contributed by atoms with van der Waals surface area (Å²) in [6.07, 6.45) is 4.01. The quantitative estimate of drug-likeness (QED) is 0.692. The Balaban J connectivity index is 1.11. The van der Waals surface area contributed by atoms with Gasteiger partial charge in [-0.25, -0.2) is 9.78 Å². The molecule has 0 radical (unpaired) electrons. The van der Waals surface area contributed by atoms with Crippen LogP contribution in [-0.2, 0) is 11.3 Å². The fraction of sp³-hybridized carbons (Fsp3) is 0.560. The van der Waals surface area contributed by atoms with Crippen molar-refractivity contribution in [3.8, 4) is 10.6 Å². The fourth-order valence-electron chi connectivity index (χ4n) is 5.17. The van der Waals surface area contributed by atoms with E-state index < -0.39 is 0 Å². The molecule has 3 fully saturated rings. The van der Waals surface area contributed by atoms with Crippen LogP contribution in [0.2, 0.25) is 0 Å². The molecule has 4 heterocycles. The van der Waals surface area contributed by atoms with Gasteiger partial charge in [-0.3, -0.25) is 9.69 Å². The molecule has 0 bridgehead atoms. The predicted octanol–water partition coefficient (Wildman–Crippen LogP) is 3.38. The van der Waals surface area contributed by atoms with Gasteiger partial charge >= 0.3 is 6.03 Å². The standard InChI is InChI=1S/C25H33N5O2S/c31-24(21-9-6-12-30(17-21)25(32)29-10-4-5-11-29)28-15-13-27(14-16-28)18-22-19-33-23(26-22)20-7-2-1-3-8-20/h1-3,7-8,19,21H,4-6,9-18H2. The van der Waals surface area contributed by atoms with E-state index in [-0.39, 0.29) is 17.9 Å². The maximum Gasteiger partial charge on any atom is 0.320 e. The highest BCUT2D eigenvalue weighted by Crippen LogP contribution is 2.25. The van der Waals surface area contributed by atoms with Crippen LogP contribution in [0.3, 0.4) is 0 Å². The second-order valence-electron chi connectivity index (χ2n) is 9.37. The van der Waals surface area contributed by atoms with Crippen LogP contribution in [0.5, 0.6) is 0 Å². The number of urea groups is 1. The first-order valence-electron chi connectivity index (χ1n) is 12.2.